The van der Waals surface area contributed by atoms with Crippen LogP contribution in [0.3, 0.4) is 0 Å². The number of rotatable bonds is 5. The lowest BCUT2D eigenvalue weighted by Gasteiger charge is -2.29. The van der Waals surface area contributed by atoms with Gasteiger partial charge in [0, 0.05) is 14.1 Å². The summed E-state index contributed by atoms with van der Waals surface area (Å²) >= 11 is 0. The normalized spacial score (nSPS) is 14.4. The molecule has 0 fully saturated rings. The zero-order valence-corrected chi connectivity index (χ0v) is 18.0. The van der Waals surface area contributed by atoms with Gasteiger partial charge in [0.1, 0.15) is 0 Å². The molecule has 0 aliphatic carbocycles. The van der Waals surface area contributed by atoms with E-state index in [9.17, 15) is 13.2 Å². The second-order valence-corrected chi connectivity index (χ2v) is 8.85. The quantitative estimate of drug-likeness (QED) is 0.555. The number of aromatic nitrogens is 2. The first-order chi connectivity index (χ1) is 14.7. The highest BCUT2D eigenvalue weighted by atomic mass is 32.2. The van der Waals surface area contributed by atoms with E-state index < -0.39 is 16.1 Å². The van der Waals surface area contributed by atoms with E-state index in [1.807, 2.05) is 54.3 Å². The number of aromatic amines is 1. The molecule has 1 aliphatic heterocycles. The summed E-state index contributed by atoms with van der Waals surface area (Å²) in [6, 6.07) is 14.1. The molecule has 3 aromatic rings. The molecular formula is C20H22N6O4S. The van der Waals surface area contributed by atoms with Crippen molar-refractivity contribution in [3.63, 3.8) is 0 Å². The lowest BCUT2D eigenvalue weighted by Crippen LogP contribution is -2.34. The van der Waals surface area contributed by atoms with Gasteiger partial charge in [-0.25, -0.2) is 18.2 Å². The second kappa shape index (κ2) is 7.51. The van der Waals surface area contributed by atoms with Gasteiger partial charge in [-0.1, -0.05) is 18.2 Å². The highest BCUT2D eigenvalue weighted by Crippen LogP contribution is 2.27. The third-order valence-corrected chi connectivity index (χ3v) is 6.65. The predicted octanol–water partition coefficient (Wildman–Crippen LogP) is 2.55. The van der Waals surface area contributed by atoms with E-state index in [-0.39, 0.29) is 10.8 Å². The Bertz CT molecular complexity index is 1290. The molecule has 2 aromatic carbocycles. The van der Waals surface area contributed by atoms with E-state index in [1.54, 1.807) is 0 Å². The Labute approximate surface area is 179 Å². The molecule has 0 saturated carbocycles. The number of hydrogen-bond donors (Lipinski definition) is 3. The van der Waals surface area contributed by atoms with Crippen molar-refractivity contribution >= 4 is 38.8 Å². The van der Waals surface area contributed by atoms with Gasteiger partial charge in [0.2, 0.25) is 5.95 Å². The number of hydrogen-bond acceptors (Lipinski definition) is 6. The summed E-state index contributed by atoms with van der Waals surface area (Å²) in [5.41, 5.74) is 3.20. The molecule has 1 aromatic heterocycles. The Morgan fingerprint density at radius 1 is 1.23 bits per heavy atom. The number of carbonyl (C=O) groups is 1. The summed E-state index contributed by atoms with van der Waals surface area (Å²) in [5, 5.41) is 13.0. The fourth-order valence-electron chi connectivity index (χ4n) is 3.33. The molecule has 4 rings (SSSR count). The monoisotopic (exact) mass is 442 g/mol. The van der Waals surface area contributed by atoms with Crippen molar-refractivity contribution in [2.75, 3.05) is 30.5 Å². The Balaban J connectivity index is 1.60. The number of imidazole rings is 1. The molecule has 0 spiro atoms. The Hall–Kier alpha value is -3.73. The fraction of sp³-hybridized carbons (Fsp3) is 0.200. The minimum Gasteiger partial charge on any atom is -0.465 e. The van der Waals surface area contributed by atoms with E-state index in [0.29, 0.717) is 23.3 Å². The van der Waals surface area contributed by atoms with E-state index in [0.717, 1.165) is 16.3 Å². The van der Waals surface area contributed by atoms with Gasteiger partial charge in [-0.2, -0.15) is 0 Å². The van der Waals surface area contributed by atoms with Crippen molar-refractivity contribution in [2.45, 2.75) is 11.8 Å². The second-order valence-electron chi connectivity index (χ2n) is 7.17. The molecule has 11 heteroatoms. The average molecular weight is 443 g/mol. The summed E-state index contributed by atoms with van der Waals surface area (Å²) in [6.45, 7) is 2.23. The molecule has 10 nitrogen and oxygen atoms in total. The number of carboxylic acid groups (broad SMARTS) is 1. The van der Waals surface area contributed by atoms with Crippen molar-refractivity contribution in [1.29, 1.82) is 0 Å². The number of sulfonamides is 1. The van der Waals surface area contributed by atoms with Crippen LogP contribution in [0.15, 0.2) is 64.8 Å². The van der Waals surface area contributed by atoms with Gasteiger partial charge in [-0.15, -0.1) is 0 Å². The largest absolute Gasteiger partial charge is 0.465 e. The lowest BCUT2D eigenvalue weighted by atomic mass is 10.3. The smallest absolute Gasteiger partial charge is 0.413 e. The number of hydrazine groups is 1. The molecule has 162 valence electrons. The molecule has 0 saturated heterocycles. The number of H-pyrrole nitrogens is 1. The molecule has 0 atom stereocenters. The van der Waals surface area contributed by atoms with Crippen LogP contribution < -0.4 is 14.6 Å². The number of para-hydroxylation sites is 1. The zero-order chi connectivity index (χ0) is 22.3. The molecule has 1 amide bonds. The molecule has 0 radical (unpaired) electrons. The van der Waals surface area contributed by atoms with Crippen molar-refractivity contribution < 1.29 is 18.3 Å². The standard InChI is InChI=1S/C20H22N6O4S/c1-13-18(12-26(25(13)3)14-7-5-4-6-8-14)23-31(29,30)15-9-10-16-17(11-15)22-19(21-16)24(2)20(27)28/h4-11,23H,12H2,1-3H3,(H,21,22)(H,27,28). The molecule has 0 unspecified atom stereocenters. The van der Waals surface area contributed by atoms with Crippen LogP contribution in [0, 0.1) is 0 Å². The number of nitrogens with one attached hydrogen (secondary N) is 2. The molecule has 31 heavy (non-hydrogen) atoms. The number of fused-ring (bicyclic) bond motifs is 1. The highest BCUT2D eigenvalue weighted by Gasteiger charge is 2.28. The average Bonchev–Trinajstić information content (AvgIpc) is 3.29. The predicted molar refractivity (Wildman–Crippen MR) is 117 cm³/mol. The number of allylic oxidation sites excluding steroid dienone is 1. The van der Waals surface area contributed by atoms with E-state index >= 15 is 0 Å². The Morgan fingerprint density at radius 2 is 1.94 bits per heavy atom. The van der Waals surface area contributed by atoms with Crippen LogP contribution in [0.1, 0.15) is 6.92 Å². The van der Waals surface area contributed by atoms with E-state index in [1.165, 1.54) is 25.2 Å². The van der Waals surface area contributed by atoms with Crippen LogP contribution in [0.4, 0.5) is 16.4 Å². The maximum Gasteiger partial charge on any atom is 0.413 e. The van der Waals surface area contributed by atoms with Crippen LogP contribution in [0.2, 0.25) is 0 Å². The maximum absolute atomic E-state index is 13.1. The summed E-state index contributed by atoms with van der Waals surface area (Å²) < 4.78 is 28.8. The van der Waals surface area contributed by atoms with Crippen LogP contribution in [0.5, 0.6) is 0 Å². The summed E-state index contributed by atoms with van der Waals surface area (Å²) in [7, 11) is -0.637. The zero-order valence-electron chi connectivity index (χ0n) is 17.2. The number of nitrogens with zero attached hydrogens (tertiary/aromatic N) is 4. The fourth-order valence-corrected chi connectivity index (χ4v) is 4.50. The summed E-state index contributed by atoms with van der Waals surface area (Å²) in [4.78, 5) is 19.1. The van der Waals surface area contributed by atoms with Crippen LogP contribution in [-0.4, -0.2) is 55.2 Å². The van der Waals surface area contributed by atoms with Crippen LogP contribution in [0.25, 0.3) is 11.0 Å². The third-order valence-electron chi connectivity index (χ3n) is 5.26. The minimum absolute atomic E-state index is 0.0503. The summed E-state index contributed by atoms with van der Waals surface area (Å²) in [5.74, 6) is 0.111. The van der Waals surface area contributed by atoms with Crippen LogP contribution >= 0.6 is 0 Å². The van der Waals surface area contributed by atoms with Crippen molar-refractivity contribution in [3.05, 3.63) is 59.9 Å². The SMILES string of the molecule is CC1=C(NS(=O)(=O)c2ccc3nc(N(C)C(=O)O)[nH]c3c2)CN(c2ccccc2)N1C. The number of amides is 1. The van der Waals surface area contributed by atoms with Gasteiger partial charge >= 0.3 is 6.09 Å². The molecule has 2 heterocycles. The maximum atomic E-state index is 13.1. The molecule has 1 aliphatic rings. The first-order valence-corrected chi connectivity index (χ1v) is 10.9. The highest BCUT2D eigenvalue weighted by molar-refractivity contribution is 7.89. The van der Waals surface area contributed by atoms with Gasteiger partial charge in [0.15, 0.2) is 0 Å². The Kier molecular flexibility index (Phi) is 4.97. The first kappa shape index (κ1) is 20.5. The van der Waals surface area contributed by atoms with Gasteiger partial charge < -0.3 is 10.1 Å². The number of anilines is 2. The van der Waals surface area contributed by atoms with Gasteiger partial charge in [0.05, 0.1) is 39.6 Å². The van der Waals surface area contributed by atoms with Gasteiger partial charge in [0.25, 0.3) is 10.0 Å². The van der Waals surface area contributed by atoms with E-state index in [2.05, 4.69) is 14.7 Å². The first-order valence-electron chi connectivity index (χ1n) is 9.42. The summed E-state index contributed by atoms with van der Waals surface area (Å²) in [6.07, 6.45) is -1.18. The topological polar surface area (TPSA) is 122 Å². The van der Waals surface area contributed by atoms with E-state index in [4.69, 9.17) is 5.11 Å². The van der Waals surface area contributed by atoms with Crippen molar-refractivity contribution in [3.8, 4) is 0 Å². The molecule has 0 bridgehead atoms. The van der Waals surface area contributed by atoms with Crippen molar-refractivity contribution in [2.24, 2.45) is 0 Å². The minimum atomic E-state index is -3.86. The number of benzene rings is 2. The molecule has 3 N–H and O–H groups in total. The van der Waals surface area contributed by atoms with Crippen molar-refractivity contribution in [1.82, 2.24) is 19.7 Å². The Morgan fingerprint density at radius 3 is 2.61 bits per heavy atom. The van der Waals surface area contributed by atoms with Gasteiger partial charge in [-0.05, 0) is 37.3 Å². The lowest BCUT2D eigenvalue weighted by molar-refractivity contribution is 0.203. The van der Waals surface area contributed by atoms with Crippen LogP contribution in [-0.2, 0) is 10.0 Å². The van der Waals surface area contributed by atoms with Gasteiger partial charge in [-0.3, -0.25) is 19.6 Å². The molecular weight excluding hydrogens is 420 g/mol. The third kappa shape index (κ3) is 3.75.